The van der Waals surface area contributed by atoms with Gasteiger partial charge in [-0.05, 0) is 12.8 Å². The first-order valence-electron chi connectivity index (χ1n) is 5.69. The molecule has 0 saturated carbocycles. The van der Waals surface area contributed by atoms with Crippen molar-refractivity contribution in [2.45, 2.75) is 44.9 Å². The molecule has 0 spiro atoms. The van der Waals surface area contributed by atoms with E-state index in [4.69, 9.17) is 4.74 Å². The number of fused-ring (bicyclic) bond motifs is 1. The van der Waals surface area contributed by atoms with Crippen LogP contribution in [-0.2, 0) is 9.53 Å². The minimum atomic E-state index is -0.0322. The number of amides is 1. The molecule has 0 aromatic rings. The molecule has 1 N–H and O–H groups in total. The molecule has 2 aliphatic heterocycles. The lowest BCUT2D eigenvalue weighted by molar-refractivity contribution is -0.138. The van der Waals surface area contributed by atoms with E-state index in [1.807, 2.05) is 18.7 Å². The summed E-state index contributed by atoms with van der Waals surface area (Å²) in [6.07, 6.45) is 1.86. The van der Waals surface area contributed by atoms with Crippen LogP contribution in [0.3, 0.4) is 0 Å². The standard InChI is InChI=1S/C11H19NO3/c1-7(2)11(14)12-8(6-13)5-10-9(12)3-4-15-10/h7-10,13H,3-6H2,1-2H3. The molecule has 86 valence electrons. The number of aliphatic hydroxyl groups is 1. The first-order valence-corrected chi connectivity index (χ1v) is 5.69. The maximum atomic E-state index is 12.0. The Morgan fingerprint density at radius 2 is 2.33 bits per heavy atom. The largest absolute Gasteiger partial charge is 0.394 e. The van der Waals surface area contributed by atoms with Crippen molar-refractivity contribution in [2.24, 2.45) is 5.92 Å². The molecule has 3 atom stereocenters. The Balaban J connectivity index is 2.15. The summed E-state index contributed by atoms with van der Waals surface area (Å²) in [6, 6.07) is 0.173. The highest BCUT2D eigenvalue weighted by Crippen LogP contribution is 2.34. The van der Waals surface area contributed by atoms with Crippen molar-refractivity contribution >= 4 is 5.91 Å². The lowest BCUT2D eigenvalue weighted by Crippen LogP contribution is -2.45. The van der Waals surface area contributed by atoms with Gasteiger partial charge in [-0.15, -0.1) is 0 Å². The summed E-state index contributed by atoms with van der Waals surface area (Å²) in [4.78, 5) is 13.9. The Morgan fingerprint density at radius 1 is 1.60 bits per heavy atom. The van der Waals surface area contributed by atoms with Gasteiger partial charge in [-0.25, -0.2) is 0 Å². The fourth-order valence-corrected chi connectivity index (χ4v) is 2.64. The quantitative estimate of drug-likeness (QED) is 0.722. The van der Waals surface area contributed by atoms with Gasteiger partial charge in [0.05, 0.1) is 24.8 Å². The third-order valence-corrected chi connectivity index (χ3v) is 3.39. The van der Waals surface area contributed by atoms with Crippen molar-refractivity contribution in [1.82, 2.24) is 4.90 Å². The zero-order valence-corrected chi connectivity index (χ0v) is 9.35. The number of likely N-dealkylation sites (tertiary alicyclic amines) is 1. The van der Waals surface area contributed by atoms with Crippen molar-refractivity contribution in [3.63, 3.8) is 0 Å². The maximum Gasteiger partial charge on any atom is 0.225 e. The second-order valence-corrected chi connectivity index (χ2v) is 4.74. The van der Waals surface area contributed by atoms with Gasteiger partial charge in [0.25, 0.3) is 0 Å². The number of hydrogen-bond donors (Lipinski definition) is 1. The van der Waals surface area contributed by atoms with Gasteiger partial charge in [0.15, 0.2) is 0 Å². The molecule has 2 rings (SSSR count). The Hall–Kier alpha value is -0.610. The van der Waals surface area contributed by atoms with Crippen LogP contribution < -0.4 is 0 Å². The highest BCUT2D eigenvalue weighted by molar-refractivity contribution is 5.79. The van der Waals surface area contributed by atoms with Crippen molar-refractivity contribution in [3.05, 3.63) is 0 Å². The van der Waals surface area contributed by atoms with Crippen molar-refractivity contribution in [3.8, 4) is 0 Å². The van der Waals surface area contributed by atoms with Crippen LogP contribution in [0.15, 0.2) is 0 Å². The highest BCUT2D eigenvalue weighted by Gasteiger charge is 2.46. The molecule has 0 aromatic carbocycles. The van der Waals surface area contributed by atoms with Crippen LogP contribution in [0.5, 0.6) is 0 Å². The molecule has 2 saturated heterocycles. The monoisotopic (exact) mass is 213 g/mol. The maximum absolute atomic E-state index is 12.0. The molecule has 2 aliphatic rings. The number of nitrogens with zero attached hydrogens (tertiary/aromatic N) is 1. The van der Waals surface area contributed by atoms with E-state index < -0.39 is 0 Å². The Bertz CT molecular complexity index is 254. The first-order chi connectivity index (χ1) is 7.15. The molecular weight excluding hydrogens is 194 g/mol. The Morgan fingerprint density at radius 3 is 2.93 bits per heavy atom. The summed E-state index contributed by atoms with van der Waals surface area (Å²) in [6.45, 7) is 4.60. The van der Waals surface area contributed by atoms with Crippen LogP contribution in [0.1, 0.15) is 26.7 Å². The van der Waals surface area contributed by atoms with Gasteiger partial charge in [-0.2, -0.15) is 0 Å². The van der Waals surface area contributed by atoms with Gasteiger partial charge in [-0.1, -0.05) is 13.8 Å². The van der Waals surface area contributed by atoms with Crippen molar-refractivity contribution in [1.29, 1.82) is 0 Å². The average molecular weight is 213 g/mol. The van der Waals surface area contributed by atoms with Gasteiger partial charge in [-0.3, -0.25) is 4.79 Å². The van der Waals surface area contributed by atoms with Gasteiger partial charge in [0, 0.05) is 12.5 Å². The second-order valence-electron chi connectivity index (χ2n) is 4.74. The SMILES string of the molecule is CC(C)C(=O)N1C(CO)CC2OCCC21. The van der Waals surface area contributed by atoms with E-state index in [1.165, 1.54) is 0 Å². The Labute approximate surface area is 90.2 Å². The van der Waals surface area contributed by atoms with Crippen LogP contribution >= 0.6 is 0 Å². The Kier molecular flexibility index (Phi) is 2.98. The van der Waals surface area contributed by atoms with E-state index in [-0.39, 0.29) is 36.6 Å². The van der Waals surface area contributed by atoms with Crippen LogP contribution in [-0.4, -0.2) is 47.3 Å². The lowest BCUT2D eigenvalue weighted by Gasteiger charge is -2.29. The van der Waals surface area contributed by atoms with E-state index >= 15 is 0 Å². The smallest absolute Gasteiger partial charge is 0.225 e. The predicted molar refractivity (Wildman–Crippen MR) is 55.3 cm³/mol. The molecule has 15 heavy (non-hydrogen) atoms. The van der Waals surface area contributed by atoms with Crippen LogP contribution in [0.25, 0.3) is 0 Å². The molecule has 0 aromatic heterocycles. The van der Waals surface area contributed by atoms with E-state index in [2.05, 4.69) is 0 Å². The summed E-state index contributed by atoms with van der Waals surface area (Å²) in [5.74, 6) is 0.144. The molecule has 2 fully saturated rings. The molecule has 0 aliphatic carbocycles. The molecule has 4 nitrogen and oxygen atoms in total. The molecule has 3 unspecified atom stereocenters. The predicted octanol–water partition coefficient (Wildman–Crippen LogP) is 0.393. The fourth-order valence-electron chi connectivity index (χ4n) is 2.64. The minimum Gasteiger partial charge on any atom is -0.394 e. The van der Waals surface area contributed by atoms with Crippen LogP contribution in [0.4, 0.5) is 0 Å². The number of carbonyl (C=O) groups excluding carboxylic acids is 1. The zero-order valence-electron chi connectivity index (χ0n) is 9.35. The summed E-state index contributed by atoms with van der Waals surface area (Å²) in [5.41, 5.74) is 0. The molecule has 2 heterocycles. The number of ether oxygens (including phenoxy) is 1. The second kappa shape index (κ2) is 4.10. The van der Waals surface area contributed by atoms with E-state index in [1.54, 1.807) is 0 Å². The first kappa shape index (κ1) is 10.9. The van der Waals surface area contributed by atoms with E-state index in [0.717, 1.165) is 19.4 Å². The third kappa shape index (κ3) is 1.76. The summed E-state index contributed by atoms with van der Waals surface area (Å²) in [5, 5.41) is 9.27. The van der Waals surface area contributed by atoms with Gasteiger partial charge >= 0.3 is 0 Å². The highest BCUT2D eigenvalue weighted by atomic mass is 16.5. The molecular formula is C11H19NO3. The summed E-state index contributed by atoms with van der Waals surface area (Å²) in [7, 11) is 0. The summed E-state index contributed by atoms with van der Waals surface area (Å²) < 4.78 is 5.56. The average Bonchev–Trinajstić information content (AvgIpc) is 2.74. The minimum absolute atomic E-state index is 0.00148. The van der Waals surface area contributed by atoms with Gasteiger partial charge in [0.2, 0.25) is 5.91 Å². The number of rotatable bonds is 2. The third-order valence-electron chi connectivity index (χ3n) is 3.39. The topological polar surface area (TPSA) is 49.8 Å². The van der Waals surface area contributed by atoms with Crippen molar-refractivity contribution in [2.75, 3.05) is 13.2 Å². The molecule has 0 radical (unpaired) electrons. The van der Waals surface area contributed by atoms with Gasteiger partial charge in [0.1, 0.15) is 0 Å². The lowest BCUT2D eigenvalue weighted by atomic mass is 10.1. The van der Waals surface area contributed by atoms with E-state index in [9.17, 15) is 9.90 Å². The van der Waals surface area contributed by atoms with Crippen LogP contribution in [0, 0.1) is 5.92 Å². The normalized spacial score (nSPS) is 34.9. The number of hydrogen-bond acceptors (Lipinski definition) is 3. The van der Waals surface area contributed by atoms with Crippen molar-refractivity contribution < 1.29 is 14.6 Å². The summed E-state index contributed by atoms with van der Waals surface area (Å²) >= 11 is 0. The molecule has 1 amide bonds. The number of aliphatic hydroxyl groups excluding tert-OH is 1. The zero-order chi connectivity index (χ0) is 11.0. The molecule has 0 bridgehead atoms. The van der Waals surface area contributed by atoms with Gasteiger partial charge < -0.3 is 14.7 Å². The van der Waals surface area contributed by atoms with Crippen LogP contribution in [0.2, 0.25) is 0 Å². The van der Waals surface area contributed by atoms with E-state index in [0.29, 0.717) is 0 Å². The number of carbonyl (C=O) groups is 1. The molecule has 4 heteroatoms. The fraction of sp³-hybridized carbons (Fsp3) is 0.909.